The van der Waals surface area contributed by atoms with Gasteiger partial charge < -0.3 is 5.11 Å². The molecule has 0 atom stereocenters. The Labute approximate surface area is 175 Å². The molecule has 2 aromatic heterocycles. The summed E-state index contributed by atoms with van der Waals surface area (Å²) in [7, 11) is 0. The Kier molecular flexibility index (Phi) is 5.31. The van der Waals surface area contributed by atoms with Gasteiger partial charge in [0.1, 0.15) is 0 Å². The minimum Gasteiger partial charge on any atom is -0.502 e. The van der Waals surface area contributed by atoms with Gasteiger partial charge in [0, 0.05) is 35.0 Å². The number of pyridine rings is 2. The van der Waals surface area contributed by atoms with E-state index in [-0.39, 0.29) is 0 Å². The lowest BCUT2D eigenvalue weighted by molar-refractivity contribution is -0.385. The predicted molar refractivity (Wildman–Crippen MR) is 115 cm³/mol. The van der Waals surface area contributed by atoms with E-state index in [1.54, 1.807) is 30.6 Å². The number of rotatable bonds is 5. The topological polar surface area (TPSA) is 131 Å². The van der Waals surface area contributed by atoms with E-state index in [0.717, 1.165) is 11.6 Å². The number of phenols is 1. The third kappa shape index (κ3) is 4.20. The van der Waals surface area contributed by atoms with Crippen molar-refractivity contribution in [2.45, 2.75) is 0 Å². The summed E-state index contributed by atoms with van der Waals surface area (Å²) in [5, 5.41) is 25.0. The molecule has 0 saturated heterocycles. The fourth-order valence-corrected chi connectivity index (χ4v) is 3.02. The second-order valence-electron chi connectivity index (χ2n) is 6.52. The van der Waals surface area contributed by atoms with Gasteiger partial charge in [0.2, 0.25) is 0 Å². The normalized spacial score (nSPS) is 11.0. The minimum absolute atomic E-state index is 0.348. The number of nitrogens with one attached hydrogen (secondary N) is 1. The summed E-state index contributed by atoms with van der Waals surface area (Å²) in [6, 6.07) is 16.3. The second-order valence-corrected chi connectivity index (χ2v) is 6.52. The number of phenolic OH excluding ortho intramolecular Hbond substituents is 1. The molecule has 0 aliphatic carbocycles. The van der Waals surface area contributed by atoms with Crippen molar-refractivity contribution in [1.29, 1.82) is 0 Å². The van der Waals surface area contributed by atoms with E-state index in [0.29, 0.717) is 27.7 Å². The molecule has 152 valence electrons. The van der Waals surface area contributed by atoms with Gasteiger partial charge in [-0.3, -0.25) is 19.9 Å². The molecule has 0 unspecified atom stereocenters. The second kappa shape index (κ2) is 8.37. The molecule has 0 spiro atoms. The number of para-hydroxylation sites is 1. The number of nitro groups is 1. The lowest BCUT2D eigenvalue weighted by Crippen LogP contribution is -2.18. The monoisotopic (exact) mass is 413 g/mol. The Balaban J connectivity index is 1.64. The van der Waals surface area contributed by atoms with Gasteiger partial charge in [-0.25, -0.2) is 10.4 Å². The number of carbonyl (C=O) groups excluding carboxylic acids is 1. The highest BCUT2D eigenvalue weighted by Gasteiger charge is 2.15. The Morgan fingerprint density at radius 3 is 2.74 bits per heavy atom. The van der Waals surface area contributed by atoms with Crippen molar-refractivity contribution >= 4 is 28.7 Å². The van der Waals surface area contributed by atoms with Crippen LogP contribution in [0.1, 0.15) is 15.9 Å². The number of nitrogens with zero attached hydrogens (tertiary/aromatic N) is 4. The van der Waals surface area contributed by atoms with E-state index in [1.165, 1.54) is 18.3 Å². The van der Waals surface area contributed by atoms with E-state index < -0.39 is 22.3 Å². The average molecular weight is 413 g/mol. The van der Waals surface area contributed by atoms with E-state index in [4.69, 9.17) is 0 Å². The molecule has 0 bridgehead atoms. The standard InChI is InChI=1S/C22H15N5O4/c28-21-8-7-14(10-20(21)27(30)31)12-24-26-22(29)17-11-19(15-4-3-9-23-13-15)25-18-6-2-1-5-16(17)18/h1-13,28H,(H,26,29)/b24-12+. The molecule has 0 radical (unpaired) electrons. The first kappa shape index (κ1) is 19.6. The number of aromatic nitrogens is 2. The number of carbonyl (C=O) groups is 1. The number of fused-ring (bicyclic) bond motifs is 1. The first-order chi connectivity index (χ1) is 15.0. The number of nitro benzene ring substituents is 1. The molecule has 9 nitrogen and oxygen atoms in total. The summed E-state index contributed by atoms with van der Waals surface area (Å²) in [6.07, 6.45) is 4.57. The zero-order valence-corrected chi connectivity index (χ0v) is 16.0. The Bertz CT molecular complexity index is 1320. The van der Waals surface area contributed by atoms with E-state index in [2.05, 4.69) is 20.5 Å². The number of hydrogen-bond donors (Lipinski definition) is 2. The van der Waals surface area contributed by atoms with Crippen LogP contribution < -0.4 is 5.43 Å². The van der Waals surface area contributed by atoms with Crippen LogP contribution in [0.25, 0.3) is 22.2 Å². The molecule has 4 rings (SSSR count). The number of hydrogen-bond acceptors (Lipinski definition) is 7. The van der Waals surface area contributed by atoms with Crippen LogP contribution in [0.4, 0.5) is 5.69 Å². The molecule has 0 saturated carbocycles. The van der Waals surface area contributed by atoms with Gasteiger partial charge in [-0.15, -0.1) is 0 Å². The smallest absolute Gasteiger partial charge is 0.311 e. The van der Waals surface area contributed by atoms with Crippen molar-refractivity contribution in [2.24, 2.45) is 5.10 Å². The van der Waals surface area contributed by atoms with Crippen LogP contribution in [0.3, 0.4) is 0 Å². The molecule has 2 aromatic carbocycles. The maximum Gasteiger partial charge on any atom is 0.311 e. The number of benzene rings is 2. The van der Waals surface area contributed by atoms with Crippen molar-refractivity contribution in [3.63, 3.8) is 0 Å². The van der Waals surface area contributed by atoms with Crippen LogP contribution >= 0.6 is 0 Å². The summed E-state index contributed by atoms with van der Waals surface area (Å²) in [4.78, 5) is 31.8. The van der Waals surface area contributed by atoms with E-state index in [9.17, 15) is 20.0 Å². The van der Waals surface area contributed by atoms with Gasteiger partial charge in [0.05, 0.1) is 27.9 Å². The highest BCUT2D eigenvalue weighted by molar-refractivity contribution is 6.07. The number of hydrazone groups is 1. The van der Waals surface area contributed by atoms with Crippen LogP contribution in [0.15, 0.2) is 78.2 Å². The summed E-state index contributed by atoms with van der Waals surface area (Å²) in [5.41, 5.74) is 4.71. The molecule has 4 aromatic rings. The lowest BCUT2D eigenvalue weighted by atomic mass is 10.0. The molecule has 0 aliphatic rings. The molecule has 1 amide bonds. The minimum atomic E-state index is -0.700. The van der Waals surface area contributed by atoms with Crippen LogP contribution in [0, 0.1) is 10.1 Å². The number of aromatic hydroxyl groups is 1. The maximum atomic E-state index is 12.8. The molecule has 2 N–H and O–H groups in total. The van der Waals surface area contributed by atoms with Crippen LogP contribution in [-0.4, -0.2) is 32.1 Å². The highest BCUT2D eigenvalue weighted by atomic mass is 16.6. The van der Waals surface area contributed by atoms with Crippen molar-refractivity contribution in [1.82, 2.24) is 15.4 Å². The lowest BCUT2D eigenvalue weighted by Gasteiger charge is -2.08. The largest absolute Gasteiger partial charge is 0.502 e. The van der Waals surface area contributed by atoms with Gasteiger partial charge >= 0.3 is 5.69 Å². The SMILES string of the molecule is O=C(N/N=C/c1ccc(O)c([N+](=O)[O-])c1)c1cc(-c2cccnc2)nc2ccccc12. The molecule has 0 aliphatic heterocycles. The fraction of sp³-hybridized carbons (Fsp3) is 0. The van der Waals surface area contributed by atoms with E-state index in [1.807, 2.05) is 24.3 Å². The molecular weight excluding hydrogens is 398 g/mol. The predicted octanol–water partition coefficient (Wildman–Crippen LogP) is 3.67. The third-order valence-corrected chi connectivity index (χ3v) is 4.49. The van der Waals surface area contributed by atoms with Crippen molar-refractivity contribution in [3.05, 3.63) is 94.3 Å². The molecule has 0 fully saturated rings. The van der Waals surface area contributed by atoms with Gasteiger partial charge in [-0.1, -0.05) is 18.2 Å². The van der Waals surface area contributed by atoms with Gasteiger partial charge in [0.25, 0.3) is 5.91 Å². The molecule has 31 heavy (non-hydrogen) atoms. The average Bonchev–Trinajstić information content (AvgIpc) is 2.79. The third-order valence-electron chi connectivity index (χ3n) is 4.49. The first-order valence-electron chi connectivity index (χ1n) is 9.14. The highest BCUT2D eigenvalue weighted by Crippen LogP contribution is 2.26. The summed E-state index contributed by atoms with van der Waals surface area (Å²) >= 11 is 0. The van der Waals surface area contributed by atoms with E-state index >= 15 is 0 Å². The van der Waals surface area contributed by atoms with Gasteiger partial charge in [-0.05, 0) is 36.4 Å². The Morgan fingerprint density at radius 1 is 1.13 bits per heavy atom. The van der Waals surface area contributed by atoms with Crippen LogP contribution in [0.5, 0.6) is 5.75 Å². The van der Waals surface area contributed by atoms with Crippen molar-refractivity contribution in [3.8, 4) is 17.0 Å². The fourth-order valence-electron chi connectivity index (χ4n) is 3.02. The van der Waals surface area contributed by atoms with Crippen LogP contribution in [0.2, 0.25) is 0 Å². The number of amides is 1. The summed E-state index contributed by atoms with van der Waals surface area (Å²) < 4.78 is 0. The first-order valence-corrected chi connectivity index (χ1v) is 9.14. The molecule has 2 heterocycles. The van der Waals surface area contributed by atoms with Gasteiger partial charge in [-0.2, -0.15) is 5.10 Å². The van der Waals surface area contributed by atoms with Crippen LogP contribution in [-0.2, 0) is 0 Å². The zero-order valence-electron chi connectivity index (χ0n) is 16.0. The molecule has 9 heteroatoms. The summed E-state index contributed by atoms with van der Waals surface area (Å²) in [6.45, 7) is 0. The zero-order chi connectivity index (χ0) is 21.8. The van der Waals surface area contributed by atoms with Crippen molar-refractivity contribution in [2.75, 3.05) is 0 Å². The maximum absolute atomic E-state index is 12.8. The quantitative estimate of drug-likeness (QED) is 0.292. The Morgan fingerprint density at radius 2 is 1.97 bits per heavy atom. The summed E-state index contributed by atoms with van der Waals surface area (Å²) in [5.74, 6) is -0.911. The van der Waals surface area contributed by atoms with Crippen molar-refractivity contribution < 1.29 is 14.8 Å². The Hall–Kier alpha value is -4.66. The van der Waals surface area contributed by atoms with Gasteiger partial charge in [0.15, 0.2) is 5.75 Å². The molecular formula is C22H15N5O4.